The maximum absolute atomic E-state index is 12.3. The summed E-state index contributed by atoms with van der Waals surface area (Å²) in [5.74, 6) is -0.194. The fraction of sp³-hybridized carbons (Fsp3) is 0.167. The van der Waals surface area contributed by atoms with E-state index in [1.54, 1.807) is 18.3 Å². The quantitative estimate of drug-likeness (QED) is 0.608. The number of nitrogens with zero attached hydrogens (tertiary/aromatic N) is 1. The van der Waals surface area contributed by atoms with Crippen LogP contribution in [0.2, 0.25) is 0 Å². The molecule has 3 aromatic rings. The molecule has 2 heterocycles. The van der Waals surface area contributed by atoms with Crippen LogP contribution in [0.1, 0.15) is 25.8 Å². The summed E-state index contributed by atoms with van der Waals surface area (Å²) in [6.07, 6.45) is 0. The topological polar surface area (TPSA) is 83.1 Å². The van der Waals surface area contributed by atoms with Crippen LogP contribution in [0, 0.1) is 13.8 Å². The molecule has 26 heavy (non-hydrogen) atoms. The number of aryl methyl sites for hydroxylation is 2. The first-order chi connectivity index (χ1) is 12.5. The molecule has 3 rings (SSSR count). The third-order valence-corrected chi connectivity index (χ3v) is 5.45. The monoisotopic (exact) mass is 386 g/mol. The van der Waals surface area contributed by atoms with Crippen LogP contribution in [0.3, 0.4) is 0 Å². The third-order valence-electron chi connectivity index (χ3n) is 3.50. The number of carbonyl (C=O) groups is 2. The Morgan fingerprint density at radius 3 is 2.69 bits per heavy atom. The lowest BCUT2D eigenvalue weighted by molar-refractivity contribution is 0.0954. The molecule has 0 fully saturated rings. The summed E-state index contributed by atoms with van der Waals surface area (Å²) in [4.78, 5) is 30.3. The van der Waals surface area contributed by atoms with Crippen LogP contribution in [0.4, 0.5) is 15.6 Å². The second-order valence-electron chi connectivity index (χ2n) is 5.64. The predicted octanol–water partition coefficient (Wildman–Crippen LogP) is 4.40. The molecule has 6 nitrogen and oxygen atoms in total. The van der Waals surface area contributed by atoms with E-state index in [0.29, 0.717) is 27.9 Å². The van der Waals surface area contributed by atoms with Crippen LogP contribution in [0.15, 0.2) is 41.8 Å². The van der Waals surface area contributed by atoms with Gasteiger partial charge in [-0.25, -0.2) is 9.78 Å². The highest BCUT2D eigenvalue weighted by molar-refractivity contribution is 7.17. The number of urea groups is 1. The third kappa shape index (κ3) is 4.68. The van der Waals surface area contributed by atoms with Gasteiger partial charge in [-0.2, -0.15) is 0 Å². The van der Waals surface area contributed by atoms with Gasteiger partial charge in [-0.3, -0.25) is 10.1 Å². The molecular formula is C18H18N4O2S2. The zero-order valence-corrected chi connectivity index (χ0v) is 16.0. The smallest absolute Gasteiger partial charge is 0.325 e. The zero-order chi connectivity index (χ0) is 18.5. The number of carbonyl (C=O) groups excluding carboxylic acids is 2. The summed E-state index contributed by atoms with van der Waals surface area (Å²) in [6.45, 7) is 4.18. The van der Waals surface area contributed by atoms with E-state index >= 15 is 0 Å². The van der Waals surface area contributed by atoms with Crippen LogP contribution >= 0.6 is 22.7 Å². The number of thiophene rings is 1. The first kappa shape index (κ1) is 18.1. The van der Waals surface area contributed by atoms with Gasteiger partial charge in [0.25, 0.3) is 5.91 Å². The molecule has 3 amide bonds. The van der Waals surface area contributed by atoms with Gasteiger partial charge in [-0.05, 0) is 43.0 Å². The highest BCUT2D eigenvalue weighted by atomic mass is 32.1. The fourth-order valence-corrected chi connectivity index (χ4v) is 3.83. The van der Waals surface area contributed by atoms with Crippen LogP contribution in [-0.2, 0) is 6.54 Å². The van der Waals surface area contributed by atoms with Gasteiger partial charge in [-0.15, -0.1) is 11.3 Å². The Bertz CT molecular complexity index is 919. The Morgan fingerprint density at radius 2 is 1.96 bits per heavy atom. The number of amides is 3. The van der Waals surface area contributed by atoms with Gasteiger partial charge in [0.05, 0.1) is 12.2 Å². The van der Waals surface area contributed by atoms with Crippen molar-refractivity contribution in [1.29, 1.82) is 0 Å². The van der Waals surface area contributed by atoms with Crippen molar-refractivity contribution in [3.05, 3.63) is 62.8 Å². The van der Waals surface area contributed by atoms with Crippen molar-refractivity contribution < 1.29 is 9.59 Å². The molecule has 0 aliphatic rings. The molecule has 0 spiro atoms. The van der Waals surface area contributed by atoms with Crippen LogP contribution in [0.5, 0.6) is 0 Å². The van der Waals surface area contributed by atoms with E-state index in [4.69, 9.17) is 0 Å². The average molecular weight is 387 g/mol. The van der Waals surface area contributed by atoms with E-state index in [1.807, 2.05) is 48.7 Å². The highest BCUT2D eigenvalue weighted by Crippen LogP contribution is 2.23. The summed E-state index contributed by atoms with van der Waals surface area (Å²) in [6, 6.07) is 11.0. The lowest BCUT2D eigenvalue weighted by Crippen LogP contribution is -2.22. The van der Waals surface area contributed by atoms with E-state index in [0.717, 1.165) is 21.8 Å². The Kier molecular flexibility index (Phi) is 5.65. The lowest BCUT2D eigenvalue weighted by Gasteiger charge is -2.05. The van der Waals surface area contributed by atoms with E-state index in [-0.39, 0.29) is 5.91 Å². The Balaban J connectivity index is 1.60. The van der Waals surface area contributed by atoms with Crippen molar-refractivity contribution in [2.75, 3.05) is 10.6 Å². The molecule has 2 aromatic heterocycles. The summed E-state index contributed by atoms with van der Waals surface area (Å²) in [7, 11) is 0. The molecule has 3 N–H and O–H groups in total. The summed E-state index contributed by atoms with van der Waals surface area (Å²) in [5.41, 5.74) is 2.34. The Hall–Kier alpha value is -2.71. The summed E-state index contributed by atoms with van der Waals surface area (Å²) < 4.78 is 0. The minimum atomic E-state index is -0.394. The number of benzene rings is 1. The summed E-state index contributed by atoms with van der Waals surface area (Å²) in [5, 5.41) is 10.6. The first-order valence-corrected chi connectivity index (χ1v) is 9.63. The van der Waals surface area contributed by atoms with Crippen LogP contribution in [0.25, 0.3) is 0 Å². The van der Waals surface area contributed by atoms with E-state index < -0.39 is 6.03 Å². The molecule has 0 aliphatic carbocycles. The molecule has 0 atom stereocenters. The van der Waals surface area contributed by atoms with Crippen molar-refractivity contribution >= 4 is 45.4 Å². The molecule has 0 aliphatic heterocycles. The van der Waals surface area contributed by atoms with Gasteiger partial charge in [0, 0.05) is 10.6 Å². The number of hydrogen-bond acceptors (Lipinski definition) is 5. The molecule has 134 valence electrons. The van der Waals surface area contributed by atoms with Crippen molar-refractivity contribution in [2.45, 2.75) is 20.4 Å². The van der Waals surface area contributed by atoms with E-state index in [1.165, 1.54) is 0 Å². The van der Waals surface area contributed by atoms with E-state index in [9.17, 15) is 9.59 Å². The number of anilines is 2. The number of rotatable bonds is 5. The first-order valence-electron chi connectivity index (χ1n) is 7.94. The molecule has 0 saturated carbocycles. The molecule has 0 radical (unpaired) electrons. The number of nitrogens with one attached hydrogen (secondary N) is 3. The van der Waals surface area contributed by atoms with Gasteiger partial charge in [-0.1, -0.05) is 29.5 Å². The van der Waals surface area contributed by atoms with Crippen molar-refractivity contribution in [2.24, 2.45) is 0 Å². The number of aromatic nitrogens is 1. The second kappa shape index (κ2) is 8.11. The standard InChI is InChI=1S/C18H18N4O2S2/c1-11-5-3-6-13(9-11)21-17(24)22-18-20-12(2)15(26-18)16(23)19-10-14-7-4-8-25-14/h3-9H,10H2,1-2H3,(H,19,23)(H2,20,21,22,24). The van der Waals surface area contributed by atoms with Crippen molar-refractivity contribution in [1.82, 2.24) is 10.3 Å². The molecule has 0 bridgehead atoms. The molecule has 1 aromatic carbocycles. The fourth-order valence-electron chi connectivity index (χ4n) is 2.30. The maximum Gasteiger partial charge on any atom is 0.325 e. The van der Waals surface area contributed by atoms with Crippen molar-refractivity contribution in [3.8, 4) is 0 Å². The Labute approximate surface area is 159 Å². The Morgan fingerprint density at radius 1 is 1.12 bits per heavy atom. The normalized spacial score (nSPS) is 10.4. The van der Waals surface area contributed by atoms with Crippen molar-refractivity contribution in [3.63, 3.8) is 0 Å². The average Bonchev–Trinajstić information content (AvgIpc) is 3.22. The van der Waals surface area contributed by atoms with Gasteiger partial charge < -0.3 is 10.6 Å². The minimum absolute atomic E-state index is 0.194. The highest BCUT2D eigenvalue weighted by Gasteiger charge is 2.16. The lowest BCUT2D eigenvalue weighted by atomic mass is 10.2. The molecular weight excluding hydrogens is 368 g/mol. The van der Waals surface area contributed by atoms with Gasteiger partial charge in [0.1, 0.15) is 4.88 Å². The summed E-state index contributed by atoms with van der Waals surface area (Å²) >= 11 is 2.74. The maximum atomic E-state index is 12.3. The molecule has 8 heteroatoms. The second-order valence-corrected chi connectivity index (χ2v) is 7.68. The van der Waals surface area contributed by atoms with Crippen LogP contribution < -0.4 is 16.0 Å². The van der Waals surface area contributed by atoms with Gasteiger partial charge in [0.15, 0.2) is 5.13 Å². The SMILES string of the molecule is Cc1cccc(NC(=O)Nc2nc(C)c(C(=O)NCc3cccs3)s2)c1. The minimum Gasteiger partial charge on any atom is -0.346 e. The van der Waals surface area contributed by atoms with E-state index in [2.05, 4.69) is 20.9 Å². The van der Waals surface area contributed by atoms with Gasteiger partial charge >= 0.3 is 6.03 Å². The number of thiazole rings is 1. The van der Waals surface area contributed by atoms with Gasteiger partial charge in [0.2, 0.25) is 0 Å². The zero-order valence-electron chi connectivity index (χ0n) is 14.3. The molecule has 0 unspecified atom stereocenters. The number of hydrogen-bond donors (Lipinski definition) is 3. The molecule has 0 saturated heterocycles. The van der Waals surface area contributed by atoms with Crippen LogP contribution in [-0.4, -0.2) is 16.9 Å². The predicted molar refractivity (Wildman–Crippen MR) is 106 cm³/mol. The largest absolute Gasteiger partial charge is 0.346 e.